The van der Waals surface area contributed by atoms with Gasteiger partial charge in [-0.3, -0.25) is 9.48 Å². The molecular weight excluding hydrogens is 480 g/mol. The second-order valence-electron chi connectivity index (χ2n) is 7.00. The highest BCUT2D eigenvalue weighted by atomic mass is 79.9. The highest BCUT2D eigenvalue weighted by molar-refractivity contribution is 9.10. The monoisotopic (exact) mass is 508 g/mol. The number of halogens is 5. The summed E-state index contributed by atoms with van der Waals surface area (Å²) in [6, 6.07) is 4.19. The van der Waals surface area contributed by atoms with Crippen LogP contribution in [0.25, 0.3) is 0 Å². The lowest BCUT2D eigenvalue weighted by atomic mass is 10.1. The molecule has 174 valence electrons. The van der Waals surface area contributed by atoms with E-state index in [4.69, 9.17) is 4.74 Å². The normalized spacial score (nSPS) is 11.1. The van der Waals surface area contributed by atoms with Crippen LogP contribution >= 0.6 is 15.9 Å². The van der Waals surface area contributed by atoms with Gasteiger partial charge in [0, 0.05) is 18.7 Å². The van der Waals surface area contributed by atoms with Gasteiger partial charge in [-0.25, -0.2) is 4.39 Å². The van der Waals surface area contributed by atoms with Crippen molar-refractivity contribution in [2.45, 2.75) is 78.6 Å². The largest absolute Gasteiger partial charge is 0.461 e. The number of hydrogen-bond donors (Lipinski definition) is 0. The van der Waals surface area contributed by atoms with Gasteiger partial charge in [-0.2, -0.15) is 18.3 Å². The first kappa shape index (κ1) is 27.1. The van der Waals surface area contributed by atoms with E-state index < -0.39 is 23.5 Å². The summed E-state index contributed by atoms with van der Waals surface area (Å²) in [6.07, 6.45) is 0.536. The topological polar surface area (TPSA) is 44.1 Å². The van der Waals surface area contributed by atoms with Crippen molar-refractivity contribution in [1.82, 2.24) is 9.78 Å². The van der Waals surface area contributed by atoms with E-state index in [1.165, 1.54) is 18.5 Å². The fourth-order valence-corrected chi connectivity index (χ4v) is 3.12. The lowest BCUT2D eigenvalue weighted by Gasteiger charge is -2.10. The molecule has 0 fully saturated rings. The lowest BCUT2D eigenvalue weighted by Crippen LogP contribution is -2.08. The molecule has 2 rings (SSSR count). The number of carbonyl (C=O) groups excluding carboxylic acids is 1. The predicted octanol–water partition coefficient (Wildman–Crippen LogP) is 7.09. The predicted molar refractivity (Wildman–Crippen MR) is 115 cm³/mol. The standard InChI is InChI=1S/C13H14F4O2.C9H15BrN2/c1-2-3-4-12(18)19-8-9-5-10(13(15,16)17)7-11(14)6-9;1-3-5-6-12-8(4-2)7-9(10)11-12/h5-7H,2-4,8H2,1H3;7H,3-6H2,1-2H3. The summed E-state index contributed by atoms with van der Waals surface area (Å²) < 4.78 is 58.2. The van der Waals surface area contributed by atoms with Crippen molar-refractivity contribution in [3.8, 4) is 0 Å². The first-order chi connectivity index (χ1) is 14.6. The van der Waals surface area contributed by atoms with Crippen LogP contribution in [-0.2, 0) is 35.3 Å². The minimum Gasteiger partial charge on any atom is -0.461 e. The second kappa shape index (κ2) is 13.5. The highest BCUT2D eigenvalue weighted by Gasteiger charge is 2.31. The Morgan fingerprint density at radius 1 is 1.10 bits per heavy atom. The number of esters is 1. The second-order valence-corrected chi connectivity index (χ2v) is 7.81. The van der Waals surface area contributed by atoms with Crippen LogP contribution in [-0.4, -0.2) is 15.7 Å². The molecule has 0 atom stereocenters. The van der Waals surface area contributed by atoms with E-state index in [0.717, 1.165) is 36.1 Å². The molecule has 9 heteroatoms. The number of hydrogen-bond acceptors (Lipinski definition) is 3. The molecule has 0 N–H and O–H groups in total. The van der Waals surface area contributed by atoms with E-state index in [-0.39, 0.29) is 18.6 Å². The highest BCUT2D eigenvalue weighted by Crippen LogP contribution is 2.30. The van der Waals surface area contributed by atoms with Crippen molar-refractivity contribution >= 4 is 21.9 Å². The van der Waals surface area contributed by atoms with Crippen molar-refractivity contribution in [2.24, 2.45) is 0 Å². The average Bonchev–Trinajstić information content (AvgIpc) is 3.08. The van der Waals surface area contributed by atoms with Gasteiger partial charge < -0.3 is 4.74 Å². The van der Waals surface area contributed by atoms with Gasteiger partial charge in [-0.05, 0) is 65.0 Å². The smallest absolute Gasteiger partial charge is 0.416 e. The Kier molecular flexibility index (Phi) is 11.8. The van der Waals surface area contributed by atoms with Gasteiger partial charge in [-0.15, -0.1) is 0 Å². The van der Waals surface area contributed by atoms with Gasteiger partial charge in [0.2, 0.25) is 0 Å². The Labute approximate surface area is 189 Å². The quantitative estimate of drug-likeness (QED) is 0.268. The van der Waals surface area contributed by atoms with Gasteiger partial charge >= 0.3 is 12.1 Å². The van der Waals surface area contributed by atoms with Gasteiger partial charge in [0.05, 0.1) is 5.56 Å². The molecule has 0 aliphatic rings. The van der Waals surface area contributed by atoms with Crippen LogP contribution in [0.1, 0.15) is 69.7 Å². The zero-order chi connectivity index (χ0) is 23.4. The van der Waals surface area contributed by atoms with Crippen LogP contribution < -0.4 is 0 Å². The Morgan fingerprint density at radius 2 is 1.77 bits per heavy atom. The van der Waals surface area contributed by atoms with Crippen LogP contribution in [0.2, 0.25) is 0 Å². The van der Waals surface area contributed by atoms with Gasteiger partial charge in [0.25, 0.3) is 0 Å². The van der Waals surface area contributed by atoms with Crippen LogP contribution in [0.15, 0.2) is 28.9 Å². The van der Waals surface area contributed by atoms with Gasteiger partial charge in [0.15, 0.2) is 0 Å². The third kappa shape index (κ3) is 10.3. The summed E-state index contributed by atoms with van der Waals surface area (Å²) in [4.78, 5) is 11.2. The van der Waals surface area contributed by atoms with E-state index in [0.29, 0.717) is 12.5 Å². The fourth-order valence-electron chi connectivity index (χ4n) is 2.66. The molecule has 0 unspecified atom stereocenters. The van der Waals surface area contributed by atoms with Crippen molar-refractivity contribution < 1.29 is 27.1 Å². The number of carbonyl (C=O) groups is 1. The molecule has 0 amide bonds. The summed E-state index contributed by atoms with van der Waals surface area (Å²) in [6.45, 7) is 6.94. The first-order valence-corrected chi connectivity index (χ1v) is 11.1. The zero-order valence-electron chi connectivity index (χ0n) is 18.1. The maximum atomic E-state index is 13.0. The lowest BCUT2D eigenvalue weighted by molar-refractivity contribution is -0.145. The number of nitrogens with zero attached hydrogens (tertiary/aromatic N) is 2. The van der Waals surface area contributed by atoms with Gasteiger partial charge in [0.1, 0.15) is 17.0 Å². The number of benzene rings is 1. The fraction of sp³-hybridized carbons (Fsp3) is 0.545. The van der Waals surface area contributed by atoms with Crippen LogP contribution in [0.4, 0.5) is 17.6 Å². The Hall–Kier alpha value is -1.90. The molecule has 0 aliphatic carbocycles. The Balaban J connectivity index is 0.000000343. The minimum absolute atomic E-state index is 0.0165. The van der Waals surface area contributed by atoms with Crippen LogP contribution in [0, 0.1) is 5.82 Å². The minimum atomic E-state index is -4.62. The van der Waals surface area contributed by atoms with E-state index in [1.807, 2.05) is 6.92 Å². The summed E-state index contributed by atoms with van der Waals surface area (Å²) in [7, 11) is 0. The van der Waals surface area contributed by atoms with Crippen molar-refractivity contribution in [3.05, 3.63) is 51.5 Å². The van der Waals surface area contributed by atoms with Gasteiger partial charge in [-0.1, -0.05) is 33.6 Å². The number of rotatable bonds is 9. The molecule has 0 bridgehead atoms. The van der Waals surface area contributed by atoms with E-state index in [2.05, 4.69) is 45.6 Å². The first-order valence-electron chi connectivity index (χ1n) is 10.3. The third-order valence-electron chi connectivity index (χ3n) is 4.34. The summed E-state index contributed by atoms with van der Waals surface area (Å²) >= 11 is 3.38. The number of ether oxygens (including phenoxy) is 1. The van der Waals surface area contributed by atoms with E-state index >= 15 is 0 Å². The molecule has 31 heavy (non-hydrogen) atoms. The zero-order valence-corrected chi connectivity index (χ0v) is 19.7. The Bertz CT molecular complexity index is 822. The number of unbranched alkanes of at least 4 members (excludes halogenated alkanes) is 2. The average molecular weight is 509 g/mol. The number of aromatic nitrogens is 2. The van der Waals surface area contributed by atoms with Crippen LogP contribution in [0.5, 0.6) is 0 Å². The summed E-state index contributed by atoms with van der Waals surface area (Å²) in [5, 5.41) is 4.35. The van der Waals surface area contributed by atoms with Crippen molar-refractivity contribution in [2.75, 3.05) is 0 Å². The Morgan fingerprint density at radius 3 is 2.35 bits per heavy atom. The number of alkyl halides is 3. The summed E-state index contributed by atoms with van der Waals surface area (Å²) in [5.41, 5.74) is 0.208. The van der Waals surface area contributed by atoms with Crippen LogP contribution in [0.3, 0.4) is 0 Å². The molecular formula is C22H29BrF4N2O2. The molecule has 0 radical (unpaired) electrons. The maximum Gasteiger partial charge on any atom is 0.416 e. The maximum absolute atomic E-state index is 13.0. The van der Waals surface area contributed by atoms with Crippen molar-refractivity contribution in [3.63, 3.8) is 0 Å². The van der Waals surface area contributed by atoms with E-state index in [1.54, 1.807) is 0 Å². The third-order valence-corrected chi connectivity index (χ3v) is 4.73. The van der Waals surface area contributed by atoms with Crippen molar-refractivity contribution in [1.29, 1.82) is 0 Å². The SMILES string of the molecule is CCCCC(=O)OCc1cc(F)cc(C(F)(F)F)c1.CCCCn1nc(Br)cc1CC. The molecule has 1 heterocycles. The molecule has 0 saturated carbocycles. The molecule has 1 aromatic heterocycles. The number of aryl methyl sites for hydroxylation is 2. The molecule has 0 saturated heterocycles. The molecule has 0 aliphatic heterocycles. The molecule has 2 aromatic rings. The summed E-state index contributed by atoms with van der Waals surface area (Å²) in [5.74, 6) is -1.51. The molecule has 0 spiro atoms. The molecule has 4 nitrogen and oxygen atoms in total. The molecule has 1 aromatic carbocycles. The van der Waals surface area contributed by atoms with E-state index in [9.17, 15) is 22.4 Å².